The molecule has 2 fully saturated rings. The number of likely N-dealkylation sites (N-methyl/N-ethyl adjacent to an activating group) is 1. The zero-order valence-corrected chi connectivity index (χ0v) is 15.5. The van der Waals surface area contributed by atoms with E-state index in [1.807, 2.05) is 21.9 Å². The van der Waals surface area contributed by atoms with Crippen LogP contribution in [0.3, 0.4) is 0 Å². The molecule has 27 heavy (non-hydrogen) atoms. The maximum absolute atomic E-state index is 12.7. The Bertz CT molecular complexity index is 796. The topological polar surface area (TPSA) is 85.4 Å². The molecule has 4 heterocycles. The Morgan fingerprint density at radius 3 is 2.56 bits per heavy atom. The first-order chi connectivity index (χ1) is 13.1. The van der Waals surface area contributed by atoms with Gasteiger partial charge in [0, 0.05) is 45.1 Å². The molecule has 0 unspecified atom stereocenters. The molecule has 8 heteroatoms. The van der Waals surface area contributed by atoms with Gasteiger partial charge in [0.2, 0.25) is 0 Å². The van der Waals surface area contributed by atoms with E-state index in [0.29, 0.717) is 17.8 Å². The molecule has 1 N–H and O–H groups in total. The number of nitrogens with one attached hydrogen (secondary N) is 1. The summed E-state index contributed by atoms with van der Waals surface area (Å²) in [6, 6.07) is 5.34. The minimum Gasteiger partial charge on any atom is -0.336 e. The first kappa shape index (κ1) is 17.7. The lowest BCUT2D eigenvalue weighted by atomic mass is 10.1. The molecule has 0 aliphatic carbocycles. The Balaban J connectivity index is 1.46. The van der Waals surface area contributed by atoms with Crippen LogP contribution in [-0.4, -0.2) is 81.5 Å². The van der Waals surface area contributed by atoms with Gasteiger partial charge in [-0.05, 0) is 38.1 Å². The van der Waals surface area contributed by atoms with Crippen LogP contribution in [0.4, 0.5) is 0 Å². The van der Waals surface area contributed by atoms with Gasteiger partial charge in [-0.1, -0.05) is 0 Å². The normalized spacial score (nSPS) is 20.9. The van der Waals surface area contributed by atoms with Gasteiger partial charge in [0.05, 0.1) is 17.3 Å². The van der Waals surface area contributed by atoms with Gasteiger partial charge < -0.3 is 14.7 Å². The van der Waals surface area contributed by atoms with Gasteiger partial charge in [0.15, 0.2) is 0 Å². The fraction of sp³-hybridized carbons (Fsp3) is 0.474. The van der Waals surface area contributed by atoms with Crippen LogP contribution in [0.15, 0.2) is 30.6 Å². The Morgan fingerprint density at radius 2 is 1.89 bits per heavy atom. The molecular formula is C19H24N6O2. The number of likely N-dealkylation sites (tertiary alicyclic amines) is 1. The van der Waals surface area contributed by atoms with Crippen LogP contribution in [0.2, 0.25) is 0 Å². The smallest absolute Gasteiger partial charge is 0.272 e. The van der Waals surface area contributed by atoms with Gasteiger partial charge in [0.1, 0.15) is 5.69 Å². The van der Waals surface area contributed by atoms with E-state index in [2.05, 4.69) is 27.1 Å². The Morgan fingerprint density at radius 1 is 1.07 bits per heavy atom. The maximum atomic E-state index is 12.7. The average Bonchev–Trinajstić information content (AvgIpc) is 3.40. The molecule has 8 nitrogen and oxygen atoms in total. The third-order valence-corrected chi connectivity index (χ3v) is 5.41. The average molecular weight is 368 g/mol. The van der Waals surface area contributed by atoms with Crippen molar-refractivity contribution in [3.05, 3.63) is 47.5 Å². The number of amides is 2. The number of hydrogen-bond donors (Lipinski definition) is 1. The predicted molar refractivity (Wildman–Crippen MR) is 99.2 cm³/mol. The lowest BCUT2D eigenvalue weighted by Gasteiger charge is -2.32. The van der Waals surface area contributed by atoms with Crippen molar-refractivity contribution in [2.24, 2.45) is 0 Å². The highest BCUT2D eigenvalue weighted by Gasteiger charge is 2.32. The minimum atomic E-state index is -0.0615. The quantitative estimate of drug-likeness (QED) is 0.879. The van der Waals surface area contributed by atoms with E-state index in [9.17, 15) is 9.59 Å². The van der Waals surface area contributed by atoms with E-state index in [1.54, 1.807) is 18.5 Å². The number of aromatic nitrogens is 3. The summed E-state index contributed by atoms with van der Waals surface area (Å²) in [5.74, 6) is -0.0339. The summed E-state index contributed by atoms with van der Waals surface area (Å²) < 4.78 is 0. The van der Waals surface area contributed by atoms with Crippen LogP contribution in [0.1, 0.15) is 45.4 Å². The SMILES string of the molecule is CN1CCN(C(=O)c2ccc([C@@H]3CCCN3C(=O)c3ccn[nH]3)nc2)CC1. The fourth-order valence-corrected chi connectivity index (χ4v) is 3.77. The van der Waals surface area contributed by atoms with Crippen LogP contribution in [-0.2, 0) is 0 Å². The number of piperazine rings is 1. The molecule has 2 amide bonds. The van der Waals surface area contributed by atoms with Crippen molar-refractivity contribution in [3.63, 3.8) is 0 Å². The zero-order valence-electron chi connectivity index (χ0n) is 15.5. The molecule has 2 aliphatic rings. The number of H-pyrrole nitrogens is 1. The van der Waals surface area contributed by atoms with Crippen LogP contribution in [0.25, 0.3) is 0 Å². The van der Waals surface area contributed by atoms with Crippen molar-refractivity contribution >= 4 is 11.8 Å². The van der Waals surface area contributed by atoms with Crippen molar-refractivity contribution in [2.45, 2.75) is 18.9 Å². The minimum absolute atomic E-state index is 0.0268. The molecule has 2 aromatic heterocycles. The third-order valence-electron chi connectivity index (χ3n) is 5.41. The lowest BCUT2D eigenvalue weighted by molar-refractivity contribution is 0.0661. The van der Waals surface area contributed by atoms with Gasteiger partial charge in [-0.15, -0.1) is 0 Å². The molecule has 142 valence electrons. The zero-order chi connectivity index (χ0) is 18.8. The Hall–Kier alpha value is -2.74. The van der Waals surface area contributed by atoms with Gasteiger partial charge >= 0.3 is 0 Å². The molecule has 1 atom stereocenters. The number of rotatable bonds is 3. The number of nitrogens with zero attached hydrogens (tertiary/aromatic N) is 5. The Kier molecular flexibility index (Phi) is 4.89. The number of aromatic amines is 1. The van der Waals surface area contributed by atoms with Crippen molar-refractivity contribution < 1.29 is 9.59 Å². The molecular weight excluding hydrogens is 344 g/mol. The highest BCUT2D eigenvalue weighted by molar-refractivity contribution is 5.94. The van der Waals surface area contributed by atoms with E-state index >= 15 is 0 Å². The second-order valence-corrected chi connectivity index (χ2v) is 7.19. The highest BCUT2D eigenvalue weighted by Crippen LogP contribution is 2.31. The lowest BCUT2D eigenvalue weighted by Crippen LogP contribution is -2.47. The molecule has 4 rings (SSSR count). The standard InChI is InChI=1S/C19H24N6O2/c1-23-9-11-24(12-10-23)18(26)14-4-5-15(20-13-14)17-3-2-8-25(17)19(27)16-6-7-21-22-16/h4-7,13,17H,2-3,8-12H2,1H3,(H,21,22)/t17-/m0/s1. The van der Waals surface area contributed by atoms with E-state index in [4.69, 9.17) is 0 Å². The first-order valence-corrected chi connectivity index (χ1v) is 9.37. The molecule has 0 saturated carbocycles. The molecule has 0 radical (unpaired) electrons. The molecule has 2 aromatic rings. The first-order valence-electron chi connectivity index (χ1n) is 9.37. The highest BCUT2D eigenvalue weighted by atomic mass is 16.2. The van der Waals surface area contributed by atoms with Crippen LogP contribution >= 0.6 is 0 Å². The molecule has 0 spiro atoms. The van der Waals surface area contributed by atoms with Crippen molar-refractivity contribution in [1.29, 1.82) is 0 Å². The molecule has 0 aromatic carbocycles. The van der Waals surface area contributed by atoms with Crippen LogP contribution in [0, 0.1) is 0 Å². The predicted octanol–water partition coefficient (Wildman–Crippen LogP) is 1.17. The molecule has 0 bridgehead atoms. The van der Waals surface area contributed by atoms with E-state index in [-0.39, 0.29) is 17.9 Å². The summed E-state index contributed by atoms with van der Waals surface area (Å²) in [5.41, 5.74) is 1.92. The van der Waals surface area contributed by atoms with Crippen LogP contribution in [0.5, 0.6) is 0 Å². The second-order valence-electron chi connectivity index (χ2n) is 7.19. The summed E-state index contributed by atoms with van der Waals surface area (Å²) in [4.78, 5) is 35.8. The van der Waals surface area contributed by atoms with E-state index in [1.165, 1.54) is 0 Å². The van der Waals surface area contributed by atoms with Gasteiger partial charge in [-0.2, -0.15) is 5.10 Å². The van der Waals surface area contributed by atoms with Gasteiger partial charge in [-0.3, -0.25) is 19.7 Å². The number of carbonyl (C=O) groups excluding carboxylic acids is 2. The fourth-order valence-electron chi connectivity index (χ4n) is 3.77. The monoisotopic (exact) mass is 368 g/mol. The second kappa shape index (κ2) is 7.48. The summed E-state index contributed by atoms with van der Waals surface area (Å²) in [7, 11) is 2.07. The number of carbonyl (C=O) groups is 2. The number of hydrogen-bond acceptors (Lipinski definition) is 5. The summed E-state index contributed by atoms with van der Waals surface area (Å²) in [6.45, 7) is 3.97. The van der Waals surface area contributed by atoms with Crippen molar-refractivity contribution in [2.75, 3.05) is 39.8 Å². The van der Waals surface area contributed by atoms with Crippen LogP contribution < -0.4 is 0 Å². The largest absolute Gasteiger partial charge is 0.336 e. The van der Waals surface area contributed by atoms with Gasteiger partial charge in [-0.25, -0.2) is 0 Å². The summed E-state index contributed by atoms with van der Waals surface area (Å²) in [5, 5.41) is 6.59. The molecule has 2 saturated heterocycles. The summed E-state index contributed by atoms with van der Waals surface area (Å²) in [6.07, 6.45) is 5.04. The third kappa shape index (κ3) is 3.57. The maximum Gasteiger partial charge on any atom is 0.272 e. The van der Waals surface area contributed by atoms with Gasteiger partial charge in [0.25, 0.3) is 11.8 Å². The summed E-state index contributed by atoms with van der Waals surface area (Å²) >= 11 is 0. The number of pyridine rings is 1. The molecule has 2 aliphatic heterocycles. The van der Waals surface area contributed by atoms with E-state index < -0.39 is 0 Å². The Labute approximate surface area is 158 Å². The van der Waals surface area contributed by atoms with Crippen molar-refractivity contribution in [3.8, 4) is 0 Å². The van der Waals surface area contributed by atoms with Crippen molar-refractivity contribution in [1.82, 2.24) is 29.9 Å². The van der Waals surface area contributed by atoms with E-state index in [0.717, 1.165) is 44.7 Å².